The normalized spacial score (nSPS) is 22.4. The lowest BCUT2D eigenvalue weighted by molar-refractivity contribution is 0.564. The average Bonchev–Trinajstić information content (AvgIpc) is 2.18. The molecule has 1 aliphatic heterocycles. The molecule has 0 saturated carbocycles. The summed E-state index contributed by atoms with van der Waals surface area (Å²) in [5.41, 5.74) is 1.35. The van der Waals surface area contributed by atoms with Gasteiger partial charge in [0.2, 0.25) is 0 Å². The number of benzene rings is 1. The minimum Gasteiger partial charge on any atom is -0.360 e. The molecule has 1 saturated heterocycles. The van der Waals surface area contributed by atoms with Gasteiger partial charge in [-0.3, -0.25) is 0 Å². The van der Waals surface area contributed by atoms with Gasteiger partial charge in [0.1, 0.15) is 0 Å². The Labute approximate surface area is 107 Å². The molecule has 1 unspecified atom stereocenters. The molecule has 3 heteroatoms. The van der Waals surface area contributed by atoms with E-state index in [0.29, 0.717) is 4.05 Å². The maximum atomic E-state index is 3.52. The zero-order valence-electron chi connectivity index (χ0n) is 7.92. The third-order valence-electron chi connectivity index (χ3n) is 2.57. The van der Waals surface area contributed by atoms with E-state index in [9.17, 15) is 0 Å². The maximum Gasteiger partial charge on any atom is 0.0809 e. The molecule has 0 radical (unpaired) electrons. The van der Waals surface area contributed by atoms with Gasteiger partial charge in [-0.25, -0.2) is 0 Å². The van der Waals surface area contributed by atoms with Crippen LogP contribution in [0.15, 0.2) is 28.7 Å². The molecule has 1 aliphatic rings. The van der Waals surface area contributed by atoms with Crippen LogP contribution in [0, 0.1) is 0 Å². The summed E-state index contributed by atoms with van der Waals surface area (Å²) >= 11 is 6.06. The Bertz CT molecular complexity index is 316. The van der Waals surface area contributed by atoms with Crippen molar-refractivity contribution in [2.75, 3.05) is 11.4 Å². The van der Waals surface area contributed by atoms with E-state index in [4.69, 9.17) is 0 Å². The van der Waals surface area contributed by atoms with Crippen molar-refractivity contribution >= 4 is 44.2 Å². The lowest BCUT2D eigenvalue weighted by atomic mass is 10.1. The van der Waals surface area contributed by atoms with Gasteiger partial charge in [-0.2, -0.15) is 0 Å². The Morgan fingerprint density at radius 2 is 2.21 bits per heavy atom. The molecule has 0 N–H and O–H groups in total. The Morgan fingerprint density at radius 3 is 2.93 bits per heavy atom. The predicted molar refractivity (Wildman–Crippen MR) is 73.1 cm³/mol. The summed E-state index contributed by atoms with van der Waals surface area (Å²) in [6.45, 7) is 1.20. The maximum absolute atomic E-state index is 3.52. The summed E-state index contributed by atoms with van der Waals surface area (Å²) in [5.74, 6) is 0. The Balaban J connectivity index is 2.20. The third-order valence-corrected chi connectivity index (χ3v) is 4.36. The quantitative estimate of drug-likeness (QED) is 0.409. The van der Waals surface area contributed by atoms with Crippen molar-refractivity contribution in [2.24, 2.45) is 0 Å². The van der Waals surface area contributed by atoms with Gasteiger partial charge in [0.15, 0.2) is 0 Å². The van der Waals surface area contributed by atoms with Crippen LogP contribution in [0.5, 0.6) is 0 Å². The summed E-state index contributed by atoms with van der Waals surface area (Å²) in [6, 6.07) is 8.59. The van der Waals surface area contributed by atoms with Crippen LogP contribution >= 0.6 is 38.5 Å². The van der Waals surface area contributed by atoms with Crippen LogP contribution < -0.4 is 4.90 Å². The van der Waals surface area contributed by atoms with Crippen LogP contribution in [0.1, 0.15) is 19.3 Å². The van der Waals surface area contributed by atoms with Crippen molar-refractivity contribution in [1.82, 2.24) is 0 Å². The van der Waals surface area contributed by atoms with Crippen LogP contribution in [0.2, 0.25) is 0 Å². The first-order valence-electron chi connectivity index (χ1n) is 4.93. The van der Waals surface area contributed by atoms with E-state index in [1.165, 1.54) is 36.0 Å². The van der Waals surface area contributed by atoms with E-state index in [2.05, 4.69) is 67.7 Å². The van der Waals surface area contributed by atoms with Crippen LogP contribution in [0.4, 0.5) is 5.69 Å². The molecule has 1 atom stereocenters. The number of nitrogens with zero attached hydrogens (tertiary/aromatic N) is 1. The molecule has 14 heavy (non-hydrogen) atoms. The van der Waals surface area contributed by atoms with Crippen molar-refractivity contribution < 1.29 is 0 Å². The fraction of sp³-hybridized carbons (Fsp3) is 0.455. The van der Waals surface area contributed by atoms with Crippen molar-refractivity contribution in [3.8, 4) is 0 Å². The van der Waals surface area contributed by atoms with E-state index in [-0.39, 0.29) is 0 Å². The van der Waals surface area contributed by atoms with Crippen LogP contribution in [0.25, 0.3) is 0 Å². The van der Waals surface area contributed by atoms with E-state index < -0.39 is 0 Å². The summed E-state index contributed by atoms with van der Waals surface area (Å²) < 4.78 is 1.83. The van der Waals surface area contributed by atoms with Crippen LogP contribution in [0.3, 0.4) is 0 Å². The third kappa shape index (κ3) is 2.42. The molecular weight excluding hydrogens is 353 g/mol. The standard InChI is InChI=1S/C11H13BrIN/c12-9-4-3-5-10(8-9)14-7-2-1-6-11(14)13/h3-5,8,11H,1-2,6-7H2. The monoisotopic (exact) mass is 365 g/mol. The lowest BCUT2D eigenvalue weighted by Gasteiger charge is -2.34. The van der Waals surface area contributed by atoms with E-state index in [0.717, 1.165) is 0 Å². The summed E-state index contributed by atoms with van der Waals surface area (Å²) in [4.78, 5) is 2.49. The molecule has 1 aromatic carbocycles. The molecular formula is C11H13BrIN. The highest BCUT2D eigenvalue weighted by molar-refractivity contribution is 14.1. The van der Waals surface area contributed by atoms with E-state index in [1.807, 2.05) is 0 Å². The molecule has 1 heterocycles. The lowest BCUT2D eigenvalue weighted by Crippen LogP contribution is -2.35. The zero-order chi connectivity index (χ0) is 9.97. The zero-order valence-corrected chi connectivity index (χ0v) is 11.7. The second-order valence-electron chi connectivity index (χ2n) is 3.60. The highest BCUT2D eigenvalue weighted by Gasteiger charge is 2.19. The molecule has 1 fully saturated rings. The largest absolute Gasteiger partial charge is 0.360 e. The minimum absolute atomic E-state index is 0.663. The second kappa shape index (κ2) is 4.84. The summed E-state index contributed by atoms with van der Waals surface area (Å²) in [7, 11) is 0. The molecule has 0 aromatic heterocycles. The van der Waals surface area contributed by atoms with Gasteiger partial charge in [0.25, 0.3) is 0 Å². The van der Waals surface area contributed by atoms with E-state index >= 15 is 0 Å². The number of anilines is 1. The first-order valence-corrected chi connectivity index (χ1v) is 6.97. The highest BCUT2D eigenvalue weighted by atomic mass is 127. The average molecular weight is 366 g/mol. The van der Waals surface area contributed by atoms with E-state index in [1.54, 1.807) is 0 Å². The van der Waals surface area contributed by atoms with Gasteiger partial charge in [-0.15, -0.1) is 0 Å². The van der Waals surface area contributed by atoms with Gasteiger partial charge in [-0.1, -0.05) is 44.6 Å². The molecule has 2 rings (SSSR count). The fourth-order valence-corrected chi connectivity index (χ4v) is 3.26. The molecule has 0 aliphatic carbocycles. The first-order chi connectivity index (χ1) is 6.77. The molecule has 0 amide bonds. The van der Waals surface area contributed by atoms with Gasteiger partial charge < -0.3 is 4.90 Å². The van der Waals surface area contributed by atoms with Crippen LogP contribution in [-0.2, 0) is 0 Å². The molecule has 0 bridgehead atoms. The van der Waals surface area contributed by atoms with Crippen molar-refractivity contribution in [3.05, 3.63) is 28.7 Å². The predicted octanol–water partition coefficient (Wildman–Crippen LogP) is 4.20. The second-order valence-corrected chi connectivity index (χ2v) is 5.96. The Morgan fingerprint density at radius 1 is 1.36 bits per heavy atom. The number of halogens is 2. The smallest absolute Gasteiger partial charge is 0.0809 e. The summed E-state index contributed by atoms with van der Waals surface area (Å²) in [5, 5.41) is 0. The number of rotatable bonds is 1. The number of alkyl halides is 1. The number of hydrogen-bond donors (Lipinski definition) is 0. The minimum atomic E-state index is 0.663. The van der Waals surface area contributed by atoms with Gasteiger partial charge >= 0.3 is 0 Å². The Hall–Kier alpha value is 0.230. The van der Waals surface area contributed by atoms with Gasteiger partial charge in [0.05, 0.1) is 4.05 Å². The summed E-state index contributed by atoms with van der Waals surface area (Å²) in [6.07, 6.45) is 4.01. The SMILES string of the molecule is Brc1cccc(N2CCCCC2I)c1. The van der Waals surface area contributed by atoms with Gasteiger partial charge in [-0.05, 0) is 37.5 Å². The fourth-order valence-electron chi connectivity index (χ4n) is 1.84. The Kier molecular flexibility index (Phi) is 3.71. The molecule has 1 nitrogen and oxygen atoms in total. The van der Waals surface area contributed by atoms with Crippen LogP contribution in [-0.4, -0.2) is 10.6 Å². The van der Waals surface area contributed by atoms with Crippen molar-refractivity contribution in [1.29, 1.82) is 0 Å². The molecule has 76 valence electrons. The topological polar surface area (TPSA) is 3.24 Å². The van der Waals surface area contributed by atoms with Crippen molar-refractivity contribution in [2.45, 2.75) is 23.3 Å². The number of hydrogen-bond acceptors (Lipinski definition) is 1. The highest BCUT2D eigenvalue weighted by Crippen LogP contribution is 2.29. The first kappa shape index (κ1) is 10.7. The molecule has 0 spiro atoms. The van der Waals surface area contributed by atoms with Gasteiger partial charge in [0, 0.05) is 16.7 Å². The van der Waals surface area contributed by atoms with Crippen molar-refractivity contribution in [3.63, 3.8) is 0 Å². The number of piperidine rings is 1. The molecule has 1 aromatic rings.